The van der Waals surface area contributed by atoms with Crippen LogP contribution in [0.2, 0.25) is 0 Å². The van der Waals surface area contributed by atoms with Crippen molar-refractivity contribution >= 4 is 28.7 Å². The SMILES string of the molecule is Cc1nc2ccccc2nc1S[C@H](C)C(=O)N(C)Cc1ccccc1. The van der Waals surface area contributed by atoms with Crippen LogP contribution in [0.5, 0.6) is 0 Å². The van der Waals surface area contributed by atoms with E-state index in [1.165, 1.54) is 11.8 Å². The Morgan fingerprint density at radius 1 is 1.04 bits per heavy atom. The summed E-state index contributed by atoms with van der Waals surface area (Å²) in [6.45, 7) is 4.46. The summed E-state index contributed by atoms with van der Waals surface area (Å²) in [4.78, 5) is 23.7. The first kappa shape index (κ1) is 17.4. The minimum Gasteiger partial charge on any atom is -0.340 e. The summed E-state index contributed by atoms with van der Waals surface area (Å²) in [5, 5.41) is 0.593. The lowest BCUT2D eigenvalue weighted by atomic mass is 10.2. The van der Waals surface area contributed by atoms with Crippen molar-refractivity contribution in [1.29, 1.82) is 0 Å². The number of thioether (sulfide) groups is 1. The number of amides is 1. The highest BCUT2D eigenvalue weighted by Gasteiger charge is 2.21. The number of carbonyl (C=O) groups excluding carboxylic acids is 1. The van der Waals surface area contributed by atoms with E-state index in [1.54, 1.807) is 4.90 Å². The van der Waals surface area contributed by atoms with Gasteiger partial charge in [0.05, 0.1) is 22.0 Å². The second kappa shape index (κ2) is 7.66. The number of hydrogen-bond acceptors (Lipinski definition) is 4. The minimum absolute atomic E-state index is 0.0863. The van der Waals surface area contributed by atoms with Crippen LogP contribution in [0.4, 0.5) is 0 Å². The topological polar surface area (TPSA) is 46.1 Å². The third-order valence-corrected chi connectivity index (χ3v) is 5.14. The summed E-state index contributed by atoms with van der Waals surface area (Å²) in [6, 6.07) is 17.8. The molecule has 3 aromatic rings. The monoisotopic (exact) mass is 351 g/mol. The first-order valence-corrected chi connectivity index (χ1v) is 9.11. The molecule has 1 atom stereocenters. The second-order valence-corrected chi connectivity index (χ2v) is 7.37. The molecule has 0 N–H and O–H groups in total. The number of para-hydroxylation sites is 2. The lowest BCUT2D eigenvalue weighted by Gasteiger charge is -2.21. The molecular formula is C20H21N3OS. The Hall–Kier alpha value is -2.40. The fraction of sp³-hybridized carbons (Fsp3) is 0.250. The minimum atomic E-state index is -0.220. The number of aryl methyl sites for hydroxylation is 1. The van der Waals surface area contributed by atoms with Crippen LogP contribution in [0, 0.1) is 6.92 Å². The summed E-state index contributed by atoms with van der Waals surface area (Å²) in [5.41, 5.74) is 3.71. The van der Waals surface area contributed by atoms with Crippen molar-refractivity contribution in [3.63, 3.8) is 0 Å². The summed E-state index contributed by atoms with van der Waals surface area (Å²) < 4.78 is 0. The highest BCUT2D eigenvalue weighted by Crippen LogP contribution is 2.27. The molecule has 0 saturated heterocycles. The first-order chi connectivity index (χ1) is 12.0. The average Bonchev–Trinajstić information content (AvgIpc) is 2.62. The van der Waals surface area contributed by atoms with Crippen molar-refractivity contribution < 1.29 is 4.79 Å². The van der Waals surface area contributed by atoms with E-state index in [0.29, 0.717) is 6.54 Å². The Morgan fingerprint density at radius 2 is 1.64 bits per heavy atom. The van der Waals surface area contributed by atoms with Crippen LogP contribution < -0.4 is 0 Å². The summed E-state index contributed by atoms with van der Waals surface area (Å²) >= 11 is 1.47. The van der Waals surface area contributed by atoms with Crippen molar-refractivity contribution in [3.8, 4) is 0 Å². The van der Waals surface area contributed by atoms with Gasteiger partial charge in [0.2, 0.25) is 5.91 Å². The quantitative estimate of drug-likeness (QED) is 0.650. The van der Waals surface area contributed by atoms with Crippen LogP contribution in [0.1, 0.15) is 18.2 Å². The Balaban J connectivity index is 1.71. The standard InChI is InChI=1S/C20H21N3OS/c1-14-19(22-18-12-8-7-11-17(18)21-14)25-15(2)20(24)23(3)13-16-9-5-4-6-10-16/h4-12,15H,13H2,1-3H3/t15-/m1/s1. The lowest BCUT2D eigenvalue weighted by Crippen LogP contribution is -2.32. The van der Waals surface area contributed by atoms with Crippen LogP contribution in [0.3, 0.4) is 0 Å². The molecule has 4 nitrogen and oxygen atoms in total. The smallest absolute Gasteiger partial charge is 0.235 e. The summed E-state index contributed by atoms with van der Waals surface area (Å²) in [6.07, 6.45) is 0. The fourth-order valence-electron chi connectivity index (χ4n) is 2.65. The van der Waals surface area contributed by atoms with E-state index in [4.69, 9.17) is 0 Å². The van der Waals surface area contributed by atoms with E-state index in [0.717, 1.165) is 27.3 Å². The molecule has 128 valence electrons. The molecule has 0 aliphatic heterocycles. The molecule has 1 aromatic heterocycles. The van der Waals surface area contributed by atoms with Crippen molar-refractivity contribution in [1.82, 2.24) is 14.9 Å². The maximum atomic E-state index is 12.7. The Bertz CT molecular complexity index is 883. The number of carbonyl (C=O) groups is 1. The molecule has 0 aliphatic rings. The van der Waals surface area contributed by atoms with Crippen molar-refractivity contribution in [3.05, 3.63) is 65.9 Å². The zero-order chi connectivity index (χ0) is 17.8. The van der Waals surface area contributed by atoms with E-state index >= 15 is 0 Å². The molecule has 1 amide bonds. The van der Waals surface area contributed by atoms with E-state index in [9.17, 15) is 4.79 Å². The number of aromatic nitrogens is 2. The third kappa shape index (κ3) is 4.17. The molecule has 0 radical (unpaired) electrons. The Morgan fingerprint density at radius 3 is 2.32 bits per heavy atom. The molecule has 0 fully saturated rings. The molecule has 0 spiro atoms. The van der Waals surface area contributed by atoms with E-state index in [2.05, 4.69) is 9.97 Å². The summed E-state index contributed by atoms with van der Waals surface area (Å²) in [5.74, 6) is 0.0863. The van der Waals surface area contributed by atoms with E-state index in [-0.39, 0.29) is 11.2 Å². The van der Waals surface area contributed by atoms with Gasteiger partial charge in [-0.1, -0.05) is 54.2 Å². The van der Waals surface area contributed by atoms with E-state index < -0.39 is 0 Å². The first-order valence-electron chi connectivity index (χ1n) is 8.23. The van der Waals surface area contributed by atoms with Crippen LogP contribution in [0.25, 0.3) is 11.0 Å². The molecule has 0 aliphatic carbocycles. The number of rotatable bonds is 5. The third-order valence-electron chi connectivity index (χ3n) is 3.98. The van der Waals surface area contributed by atoms with Gasteiger partial charge in [-0.25, -0.2) is 9.97 Å². The number of benzene rings is 2. The maximum absolute atomic E-state index is 12.7. The Labute approximate surface area is 152 Å². The average molecular weight is 351 g/mol. The molecule has 25 heavy (non-hydrogen) atoms. The largest absolute Gasteiger partial charge is 0.340 e. The van der Waals surface area contributed by atoms with Gasteiger partial charge in [0.25, 0.3) is 0 Å². The molecule has 5 heteroatoms. The molecule has 1 heterocycles. The van der Waals surface area contributed by atoms with Gasteiger partial charge >= 0.3 is 0 Å². The van der Waals surface area contributed by atoms with Gasteiger partial charge in [0, 0.05) is 13.6 Å². The fourth-order valence-corrected chi connectivity index (χ4v) is 3.63. The number of nitrogens with zero attached hydrogens (tertiary/aromatic N) is 3. The molecule has 2 aromatic carbocycles. The predicted octanol–water partition coefficient (Wildman–Crippen LogP) is 4.08. The van der Waals surface area contributed by atoms with Crippen LogP contribution in [-0.2, 0) is 11.3 Å². The molecule has 0 unspecified atom stereocenters. The van der Waals surface area contributed by atoms with Gasteiger partial charge in [-0.05, 0) is 31.5 Å². The second-order valence-electron chi connectivity index (χ2n) is 6.04. The predicted molar refractivity (Wildman–Crippen MR) is 103 cm³/mol. The molecule has 0 saturated carbocycles. The van der Waals surface area contributed by atoms with Gasteiger partial charge < -0.3 is 4.90 Å². The van der Waals surface area contributed by atoms with Crippen LogP contribution in [-0.4, -0.2) is 33.1 Å². The molecule has 3 rings (SSSR count). The summed E-state index contributed by atoms with van der Waals surface area (Å²) in [7, 11) is 1.84. The van der Waals surface area contributed by atoms with Gasteiger partial charge in [-0.15, -0.1) is 0 Å². The lowest BCUT2D eigenvalue weighted by molar-refractivity contribution is -0.129. The highest BCUT2D eigenvalue weighted by molar-refractivity contribution is 8.00. The van der Waals surface area contributed by atoms with Crippen LogP contribution in [0.15, 0.2) is 59.6 Å². The van der Waals surface area contributed by atoms with Gasteiger partial charge in [-0.2, -0.15) is 0 Å². The van der Waals surface area contributed by atoms with Crippen LogP contribution >= 0.6 is 11.8 Å². The Kier molecular flexibility index (Phi) is 5.34. The normalized spacial score (nSPS) is 12.1. The van der Waals surface area contributed by atoms with E-state index in [1.807, 2.05) is 75.5 Å². The van der Waals surface area contributed by atoms with Crippen molar-refractivity contribution in [2.75, 3.05) is 7.05 Å². The number of fused-ring (bicyclic) bond motifs is 1. The zero-order valence-electron chi connectivity index (χ0n) is 14.6. The zero-order valence-corrected chi connectivity index (χ0v) is 15.5. The van der Waals surface area contributed by atoms with Crippen molar-refractivity contribution in [2.24, 2.45) is 0 Å². The maximum Gasteiger partial charge on any atom is 0.235 e. The van der Waals surface area contributed by atoms with Gasteiger partial charge in [0.1, 0.15) is 5.03 Å². The highest BCUT2D eigenvalue weighted by atomic mass is 32.2. The van der Waals surface area contributed by atoms with Gasteiger partial charge in [-0.3, -0.25) is 4.79 Å². The molecular weight excluding hydrogens is 330 g/mol. The molecule has 0 bridgehead atoms. The number of hydrogen-bond donors (Lipinski definition) is 0. The van der Waals surface area contributed by atoms with Crippen molar-refractivity contribution in [2.45, 2.75) is 30.7 Å². The van der Waals surface area contributed by atoms with Gasteiger partial charge in [0.15, 0.2) is 0 Å².